The maximum Gasteiger partial charge on any atom is 0.224 e. The number of sulfone groups is 1. The van der Waals surface area contributed by atoms with Crippen LogP contribution in [0.2, 0.25) is 0 Å². The van der Waals surface area contributed by atoms with E-state index in [1.54, 1.807) is 0 Å². The summed E-state index contributed by atoms with van der Waals surface area (Å²) in [6.07, 6.45) is 5.93. The van der Waals surface area contributed by atoms with Crippen molar-refractivity contribution in [2.45, 2.75) is 12.8 Å². The summed E-state index contributed by atoms with van der Waals surface area (Å²) in [7, 11) is -2.97. The molecule has 0 aromatic carbocycles. The molecule has 1 saturated heterocycles. The molecule has 0 saturated carbocycles. The number of amides is 1. The maximum atomic E-state index is 11.4. The van der Waals surface area contributed by atoms with Crippen LogP contribution >= 0.6 is 0 Å². The molecule has 14 heavy (non-hydrogen) atoms. The summed E-state index contributed by atoms with van der Waals surface area (Å²) in [5, 5.41) is 2.62. The predicted octanol–water partition coefficient (Wildman–Crippen LogP) is -0.439. The van der Waals surface area contributed by atoms with Gasteiger partial charge in [0.15, 0.2) is 9.84 Å². The van der Waals surface area contributed by atoms with E-state index in [9.17, 15) is 13.2 Å². The minimum atomic E-state index is -2.97. The summed E-state index contributed by atoms with van der Waals surface area (Å²) in [5.74, 6) is 1.93. The first-order valence-electron chi connectivity index (χ1n) is 4.47. The summed E-state index contributed by atoms with van der Waals surface area (Å²) < 4.78 is 22.1. The predicted molar refractivity (Wildman–Crippen MR) is 53.2 cm³/mol. The molecule has 1 N–H and O–H groups in total. The Morgan fingerprint density at radius 2 is 2.29 bits per heavy atom. The highest BCUT2D eigenvalue weighted by molar-refractivity contribution is 7.91. The van der Waals surface area contributed by atoms with Crippen molar-refractivity contribution in [1.82, 2.24) is 5.32 Å². The van der Waals surface area contributed by atoms with E-state index < -0.39 is 9.84 Å². The lowest BCUT2D eigenvalue weighted by molar-refractivity contribution is -0.124. The molecule has 5 heteroatoms. The summed E-state index contributed by atoms with van der Waals surface area (Å²) in [6, 6.07) is 0. The number of nitrogens with one attached hydrogen (secondary N) is 1. The second-order valence-corrected chi connectivity index (χ2v) is 5.57. The van der Waals surface area contributed by atoms with Crippen molar-refractivity contribution >= 4 is 15.7 Å². The van der Waals surface area contributed by atoms with Crippen LogP contribution in [0.15, 0.2) is 0 Å². The molecular formula is C9H13NO3S. The van der Waals surface area contributed by atoms with Crippen molar-refractivity contribution in [3.8, 4) is 12.3 Å². The maximum absolute atomic E-state index is 11.4. The molecule has 4 nitrogen and oxygen atoms in total. The first kappa shape index (κ1) is 11.1. The topological polar surface area (TPSA) is 63.2 Å². The molecule has 0 aromatic rings. The van der Waals surface area contributed by atoms with Gasteiger partial charge in [0.05, 0.1) is 17.4 Å². The normalized spacial score (nSPS) is 24.1. The lowest BCUT2D eigenvalue weighted by atomic mass is 10.1. The fraction of sp³-hybridized carbons (Fsp3) is 0.667. The van der Waals surface area contributed by atoms with Gasteiger partial charge in [0.1, 0.15) is 0 Å². The Hall–Kier alpha value is -1.02. The van der Waals surface area contributed by atoms with Crippen LogP contribution in [0.5, 0.6) is 0 Å². The third kappa shape index (κ3) is 3.04. The van der Waals surface area contributed by atoms with Crippen LogP contribution in [0.3, 0.4) is 0 Å². The molecule has 1 aliphatic rings. The molecule has 1 fully saturated rings. The highest BCUT2D eigenvalue weighted by atomic mass is 32.2. The molecule has 0 bridgehead atoms. The lowest BCUT2D eigenvalue weighted by Gasteiger charge is -2.07. The van der Waals surface area contributed by atoms with Gasteiger partial charge in [-0.1, -0.05) is 0 Å². The molecular weight excluding hydrogens is 202 g/mol. The summed E-state index contributed by atoms with van der Waals surface area (Å²) >= 11 is 0. The van der Waals surface area contributed by atoms with Gasteiger partial charge in [0.25, 0.3) is 0 Å². The van der Waals surface area contributed by atoms with Crippen LogP contribution in [-0.4, -0.2) is 32.4 Å². The molecule has 0 aliphatic carbocycles. The fourth-order valence-electron chi connectivity index (χ4n) is 1.40. The fourth-order valence-corrected chi connectivity index (χ4v) is 3.15. The number of carbonyl (C=O) groups excluding carboxylic acids is 1. The van der Waals surface area contributed by atoms with Crippen molar-refractivity contribution in [2.75, 3.05) is 18.1 Å². The van der Waals surface area contributed by atoms with Crippen molar-refractivity contribution < 1.29 is 13.2 Å². The molecule has 1 aliphatic heterocycles. The number of terminal acetylenes is 1. The monoisotopic (exact) mass is 215 g/mol. The van der Waals surface area contributed by atoms with E-state index in [0.717, 1.165) is 0 Å². The van der Waals surface area contributed by atoms with Crippen LogP contribution in [0, 0.1) is 18.3 Å². The quantitative estimate of drug-likeness (QED) is 0.513. The van der Waals surface area contributed by atoms with Crippen LogP contribution in [-0.2, 0) is 14.6 Å². The lowest BCUT2D eigenvalue weighted by Crippen LogP contribution is -2.31. The summed E-state index contributed by atoms with van der Waals surface area (Å²) in [4.78, 5) is 11.4. The second-order valence-electron chi connectivity index (χ2n) is 3.35. The van der Waals surface area contributed by atoms with Crippen molar-refractivity contribution in [2.24, 2.45) is 5.92 Å². The second kappa shape index (κ2) is 4.47. The Morgan fingerprint density at radius 3 is 2.79 bits per heavy atom. The Bertz CT molecular complexity index is 353. The van der Waals surface area contributed by atoms with E-state index in [1.807, 2.05) is 0 Å². The van der Waals surface area contributed by atoms with Gasteiger partial charge in [-0.3, -0.25) is 4.79 Å². The van der Waals surface area contributed by atoms with Gasteiger partial charge in [-0.2, -0.15) is 0 Å². The van der Waals surface area contributed by atoms with E-state index in [0.29, 0.717) is 19.4 Å². The van der Waals surface area contributed by atoms with Crippen LogP contribution in [0.1, 0.15) is 12.8 Å². The zero-order chi connectivity index (χ0) is 10.6. The van der Waals surface area contributed by atoms with Gasteiger partial charge >= 0.3 is 0 Å². The molecule has 1 amide bonds. The van der Waals surface area contributed by atoms with Gasteiger partial charge in [-0.05, 0) is 6.42 Å². The zero-order valence-electron chi connectivity index (χ0n) is 7.82. The van der Waals surface area contributed by atoms with Gasteiger partial charge in [-0.25, -0.2) is 8.42 Å². The molecule has 78 valence electrons. The number of hydrogen-bond donors (Lipinski definition) is 1. The van der Waals surface area contributed by atoms with Crippen molar-refractivity contribution in [1.29, 1.82) is 0 Å². The molecule has 1 heterocycles. The van der Waals surface area contributed by atoms with Gasteiger partial charge in [0, 0.05) is 13.0 Å². The number of carbonyl (C=O) groups is 1. The highest BCUT2D eigenvalue weighted by Gasteiger charge is 2.32. The first-order chi connectivity index (χ1) is 6.55. The zero-order valence-corrected chi connectivity index (χ0v) is 8.64. The molecule has 0 radical (unpaired) electrons. The molecule has 0 aromatic heterocycles. The summed E-state index contributed by atoms with van der Waals surface area (Å²) in [5.41, 5.74) is 0. The van der Waals surface area contributed by atoms with Crippen molar-refractivity contribution in [3.05, 3.63) is 0 Å². The largest absolute Gasteiger partial charge is 0.355 e. The van der Waals surface area contributed by atoms with E-state index in [-0.39, 0.29) is 23.3 Å². The van der Waals surface area contributed by atoms with Crippen molar-refractivity contribution in [3.63, 3.8) is 0 Å². The van der Waals surface area contributed by atoms with E-state index in [4.69, 9.17) is 6.42 Å². The first-order valence-corrected chi connectivity index (χ1v) is 6.29. The van der Waals surface area contributed by atoms with Gasteiger partial charge in [0.2, 0.25) is 5.91 Å². The van der Waals surface area contributed by atoms with Crippen LogP contribution < -0.4 is 5.32 Å². The number of hydrogen-bond acceptors (Lipinski definition) is 3. The van der Waals surface area contributed by atoms with Gasteiger partial charge in [-0.15, -0.1) is 12.3 Å². The summed E-state index contributed by atoms with van der Waals surface area (Å²) in [6.45, 7) is 0.423. The average molecular weight is 215 g/mol. The molecule has 1 rings (SSSR count). The highest BCUT2D eigenvalue weighted by Crippen LogP contribution is 2.18. The minimum absolute atomic E-state index is 0.0190. The van der Waals surface area contributed by atoms with E-state index in [1.165, 1.54) is 0 Å². The SMILES string of the molecule is C#CCCNC(=O)C1CCS(=O)(=O)C1. The molecule has 1 unspecified atom stereocenters. The van der Waals surface area contributed by atoms with E-state index >= 15 is 0 Å². The van der Waals surface area contributed by atoms with Crippen LogP contribution in [0.25, 0.3) is 0 Å². The molecule has 1 atom stereocenters. The van der Waals surface area contributed by atoms with Crippen LogP contribution in [0.4, 0.5) is 0 Å². The smallest absolute Gasteiger partial charge is 0.224 e. The number of rotatable bonds is 3. The average Bonchev–Trinajstić information content (AvgIpc) is 2.46. The third-order valence-corrected chi connectivity index (χ3v) is 3.94. The Balaban J connectivity index is 2.37. The minimum Gasteiger partial charge on any atom is -0.355 e. The third-order valence-electron chi connectivity index (χ3n) is 2.17. The Morgan fingerprint density at radius 1 is 1.57 bits per heavy atom. The van der Waals surface area contributed by atoms with E-state index in [2.05, 4.69) is 11.2 Å². The molecule has 0 spiro atoms. The Labute approximate surface area is 84.0 Å². The standard InChI is InChI=1S/C9H13NO3S/c1-2-3-5-10-9(11)8-4-6-14(12,13)7-8/h1,8H,3-7H2,(H,10,11). The van der Waals surface area contributed by atoms with Gasteiger partial charge < -0.3 is 5.32 Å². The Kier molecular flexibility index (Phi) is 3.53.